The number of nitrogens with zero attached hydrogens (tertiary/aromatic N) is 2. The molecule has 6 nitrogen and oxygen atoms in total. The number of hydrogen-bond acceptors (Lipinski definition) is 4. The molecule has 2 heterocycles. The van der Waals surface area contributed by atoms with Crippen LogP contribution < -0.4 is 0 Å². The van der Waals surface area contributed by atoms with Gasteiger partial charge in [-0.1, -0.05) is 0 Å². The van der Waals surface area contributed by atoms with Gasteiger partial charge < -0.3 is 19.3 Å². The van der Waals surface area contributed by atoms with Crippen LogP contribution in [0.25, 0.3) is 0 Å². The number of hydrogen-bond donors (Lipinski definition) is 0. The van der Waals surface area contributed by atoms with Crippen molar-refractivity contribution in [2.24, 2.45) is 11.8 Å². The van der Waals surface area contributed by atoms with E-state index in [0.29, 0.717) is 25.4 Å². The number of rotatable bonds is 5. The maximum Gasteiger partial charge on any atom is 0.410 e. The first-order valence-corrected chi connectivity index (χ1v) is 10.2. The Morgan fingerprint density at radius 2 is 1.58 bits per heavy atom. The molecule has 1 aliphatic carbocycles. The second-order valence-electron chi connectivity index (χ2n) is 9.14. The summed E-state index contributed by atoms with van der Waals surface area (Å²) in [5.41, 5.74) is -0.461. The second kappa shape index (κ2) is 8.15. The number of piperidine rings is 1. The summed E-state index contributed by atoms with van der Waals surface area (Å²) in [6.45, 7) is 9.46. The van der Waals surface area contributed by atoms with Gasteiger partial charge in [0.05, 0.1) is 6.10 Å². The molecule has 0 aromatic carbocycles. The van der Waals surface area contributed by atoms with Crippen LogP contribution in [-0.2, 0) is 14.3 Å². The third kappa shape index (κ3) is 5.86. The first kappa shape index (κ1) is 19.5. The molecule has 1 saturated carbocycles. The molecule has 0 aromatic heterocycles. The van der Waals surface area contributed by atoms with Crippen LogP contribution in [0.2, 0.25) is 0 Å². The molecule has 0 bridgehead atoms. The largest absolute Gasteiger partial charge is 0.444 e. The van der Waals surface area contributed by atoms with Gasteiger partial charge in [0, 0.05) is 39.2 Å². The number of carbonyl (C=O) groups excluding carboxylic acids is 2. The molecule has 148 valence electrons. The van der Waals surface area contributed by atoms with Crippen molar-refractivity contribution in [2.45, 2.75) is 71.0 Å². The van der Waals surface area contributed by atoms with Gasteiger partial charge >= 0.3 is 6.09 Å². The fourth-order valence-corrected chi connectivity index (χ4v) is 3.67. The predicted molar refractivity (Wildman–Crippen MR) is 98.8 cm³/mol. The molecule has 0 radical (unpaired) electrons. The molecule has 3 aliphatic rings. The summed E-state index contributed by atoms with van der Waals surface area (Å²) >= 11 is 0. The lowest BCUT2D eigenvalue weighted by atomic mass is 9.93. The maximum atomic E-state index is 12.6. The van der Waals surface area contributed by atoms with Crippen molar-refractivity contribution >= 4 is 12.0 Å². The van der Waals surface area contributed by atoms with Gasteiger partial charge in [-0.05, 0) is 64.7 Å². The van der Waals surface area contributed by atoms with Crippen LogP contribution in [0.1, 0.15) is 59.3 Å². The Kier molecular flexibility index (Phi) is 6.10. The lowest BCUT2D eigenvalue weighted by Gasteiger charge is -2.33. The SMILES string of the molecule is CC(C)(C)OC(=O)N1CCC(CC(=O)N2CC[C@@H](OCC3CC3)C2)CC1. The van der Waals surface area contributed by atoms with Crippen LogP contribution in [0, 0.1) is 11.8 Å². The third-order valence-corrected chi connectivity index (χ3v) is 5.49. The van der Waals surface area contributed by atoms with E-state index in [1.807, 2.05) is 25.7 Å². The number of amides is 2. The molecular weight excluding hydrogens is 332 g/mol. The molecule has 2 aliphatic heterocycles. The Morgan fingerprint density at radius 3 is 2.19 bits per heavy atom. The number of carbonyl (C=O) groups is 2. The van der Waals surface area contributed by atoms with Gasteiger partial charge in [0.1, 0.15) is 5.60 Å². The molecule has 1 atom stereocenters. The van der Waals surface area contributed by atoms with E-state index in [1.54, 1.807) is 4.90 Å². The molecule has 0 unspecified atom stereocenters. The summed E-state index contributed by atoms with van der Waals surface area (Å²) in [6.07, 6.45) is 5.91. The minimum absolute atomic E-state index is 0.230. The third-order valence-electron chi connectivity index (χ3n) is 5.49. The summed E-state index contributed by atoms with van der Waals surface area (Å²) < 4.78 is 11.4. The normalized spacial score (nSPS) is 24.8. The number of ether oxygens (including phenoxy) is 2. The molecule has 2 amide bonds. The van der Waals surface area contributed by atoms with Gasteiger partial charge in [-0.3, -0.25) is 4.79 Å². The summed E-state index contributed by atoms with van der Waals surface area (Å²) in [5, 5.41) is 0. The van der Waals surface area contributed by atoms with Gasteiger partial charge in [0.25, 0.3) is 0 Å². The Bertz CT molecular complexity index is 504. The first-order chi connectivity index (χ1) is 12.3. The zero-order valence-electron chi connectivity index (χ0n) is 16.5. The summed E-state index contributed by atoms with van der Waals surface area (Å²) in [5.74, 6) is 1.39. The molecule has 0 spiro atoms. The van der Waals surface area contributed by atoms with Gasteiger partial charge in [0.15, 0.2) is 0 Å². The summed E-state index contributed by atoms with van der Waals surface area (Å²) in [6, 6.07) is 0. The van der Waals surface area contributed by atoms with Crippen LogP contribution in [0.5, 0.6) is 0 Å². The van der Waals surface area contributed by atoms with Crippen molar-refractivity contribution in [3.05, 3.63) is 0 Å². The van der Waals surface area contributed by atoms with Crippen LogP contribution in [0.4, 0.5) is 4.79 Å². The van der Waals surface area contributed by atoms with Crippen molar-refractivity contribution in [2.75, 3.05) is 32.8 Å². The molecular formula is C20H34N2O4. The van der Waals surface area contributed by atoms with Gasteiger partial charge in [-0.25, -0.2) is 4.79 Å². The zero-order chi connectivity index (χ0) is 18.7. The topological polar surface area (TPSA) is 59.1 Å². The summed E-state index contributed by atoms with van der Waals surface area (Å²) in [7, 11) is 0. The van der Waals surface area contributed by atoms with Crippen LogP contribution in [-0.4, -0.2) is 66.3 Å². The molecule has 6 heteroatoms. The minimum atomic E-state index is -0.461. The van der Waals surface area contributed by atoms with Gasteiger partial charge in [0.2, 0.25) is 5.91 Å². The summed E-state index contributed by atoms with van der Waals surface area (Å²) in [4.78, 5) is 28.4. The molecule has 3 rings (SSSR count). The van der Waals surface area contributed by atoms with Gasteiger partial charge in [-0.2, -0.15) is 0 Å². The highest BCUT2D eigenvalue weighted by atomic mass is 16.6. The van der Waals surface area contributed by atoms with E-state index >= 15 is 0 Å². The molecule has 26 heavy (non-hydrogen) atoms. The van der Waals surface area contributed by atoms with E-state index < -0.39 is 5.60 Å². The molecule has 0 aromatic rings. The van der Waals surface area contributed by atoms with Crippen LogP contribution in [0.3, 0.4) is 0 Å². The smallest absolute Gasteiger partial charge is 0.410 e. The monoisotopic (exact) mass is 366 g/mol. The minimum Gasteiger partial charge on any atom is -0.444 e. The van der Waals surface area contributed by atoms with E-state index in [0.717, 1.165) is 44.9 Å². The highest BCUT2D eigenvalue weighted by molar-refractivity contribution is 5.77. The first-order valence-electron chi connectivity index (χ1n) is 10.2. The van der Waals surface area contributed by atoms with E-state index in [-0.39, 0.29) is 18.1 Å². The molecule has 0 N–H and O–H groups in total. The maximum absolute atomic E-state index is 12.6. The van der Waals surface area contributed by atoms with Crippen LogP contribution in [0.15, 0.2) is 0 Å². The Morgan fingerprint density at radius 1 is 0.923 bits per heavy atom. The predicted octanol–water partition coefficient (Wildman–Crippen LogP) is 3.05. The molecule has 3 fully saturated rings. The van der Waals surface area contributed by atoms with Crippen molar-refractivity contribution < 1.29 is 19.1 Å². The molecule has 2 saturated heterocycles. The Hall–Kier alpha value is -1.30. The van der Waals surface area contributed by atoms with E-state index in [4.69, 9.17) is 9.47 Å². The zero-order valence-corrected chi connectivity index (χ0v) is 16.5. The van der Waals surface area contributed by atoms with Crippen LogP contribution >= 0.6 is 0 Å². The van der Waals surface area contributed by atoms with Crippen molar-refractivity contribution in [1.29, 1.82) is 0 Å². The van der Waals surface area contributed by atoms with E-state index in [2.05, 4.69) is 0 Å². The van der Waals surface area contributed by atoms with Crippen molar-refractivity contribution in [3.63, 3.8) is 0 Å². The van der Waals surface area contributed by atoms with Gasteiger partial charge in [-0.15, -0.1) is 0 Å². The lowest BCUT2D eigenvalue weighted by molar-refractivity contribution is -0.132. The Balaban J connectivity index is 1.35. The second-order valence-corrected chi connectivity index (χ2v) is 9.14. The highest BCUT2D eigenvalue weighted by Crippen LogP contribution is 2.30. The average Bonchev–Trinajstić information content (AvgIpc) is 3.28. The fraction of sp³-hybridized carbons (Fsp3) is 0.900. The quantitative estimate of drug-likeness (QED) is 0.750. The van der Waals surface area contributed by atoms with E-state index in [1.165, 1.54) is 12.8 Å². The fourth-order valence-electron chi connectivity index (χ4n) is 3.67. The highest BCUT2D eigenvalue weighted by Gasteiger charge is 2.32. The average molecular weight is 367 g/mol. The van der Waals surface area contributed by atoms with Crippen molar-refractivity contribution in [1.82, 2.24) is 9.80 Å². The lowest BCUT2D eigenvalue weighted by Crippen LogP contribution is -2.42. The number of likely N-dealkylation sites (tertiary alicyclic amines) is 2. The van der Waals surface area contributed by atoms with E-state index in [9.17, 15) is 9.59 Å². The van der Waals surface area contributed by atoms with Crippen molar-refractivity contribution in [3.8, 4) is 0 Å². The Labute approximate surface area is 157 Å². The standard InChI is InChI=1S/C20H34N2O4/c1-20(2,3)26-19(24)21-9-6-15(7-10-21)12-18(23)22-11-8-17(13-22)25-14-16-4-5-16/h15-17H,4-14H2,1-3H3/t17-/m1/s1.